The van der Waals surface area contributed by atoms with Gasteiger partial charge in [-0.2, -0.15) is 0 Å². The number of thiol groups is 3. The molecule has 0 saturated heterocycles. The van der Waals surface area contributed by atoms with E-state index in [1.807, 2.05) is 28.7 Å². The van der Waals surface area contributed by atoms with Gasteiger partial charge >= 0.3 is 5.97 Å². The summed E-state index contributed by atoms with van der Waals surface area (Å²) in [5, 5.41) is 8.80. The van der Waals surface area contributed by atoms with Gasteiger partial charge in [-0.3, -0.25) is 0 Å². The lowest BCUT2D eigenvalue weighted by Gasteiger charge is -2.36. The van der Waals surface area contributed by atoms with Crippen LogP contribution in [0.25, 0.3) is 0 Å². The number of benzene rings is 1. The number of hydrogen-bond acceptors (Lipinski definition) is 1. The maximum atomic E-state index is 10.7. The molecule has 1 aromatic carbocycles. The van der Waals surface area contributed by atoms with Crippen LogP contribution in [0, 0.1) is 10.7 Å². The summed E-state index contributed by atoms with van der Waals surface area (Å²) in [5.41, 5.74) is 0.381. The number of aromatic carboxylic acids is 1. The molecule has 0 bridgehead atoms. The Kier molecular flexibility index (Phi) is 17.3. The van der Waals surface area contributed by atoms with E-state index in [9.17, 15) is 9.69 Å². The monoisotopic (exact) mass is 818 g/mol. The van der Waals surface area contributed by atoms with Gasteiger partial charge in [0.1, 0.15) is 4.67 Å². The third-order valence-corrected chi connectivity index (χ3v) is 24.9. The van der Waals surface area contributed by atoms with E-state index in [0.717, 1.165) is 10.7 Å². The summed E-state index contributed by atoms with van der Waals surface area (Å²) in [6, 6.07) is 3.63. The summed E-state index contributed by atoms with van der Waals surface area (Å²) in [5.74, 6) is 2.72. The van der Waals surface area contributed by atoms with Gasteiger partial charge in [0.15, 0.2) is 0 Å². The smallest absolute Gasteiger partial charge is 0.336 e. The molecular formula is C19H34I3O3PS3. The number of unbranched alkanes of at least 4 members (excludes halogenated alkanes) is 3. The highest BCUT2D eigenvalue weighted by molar-refractivity contribution is 14.1. The third kappa shape index (κ3) is 11.3. The van der Waals surface area contributed by atoms with E-state index in [4.69, 9.17) is 5.11 Å². The van der Waals surface area contributed by atoms with E-state index in [0.29, 0.717) is 5.56 Å². The van der Waals surface area contributed by atoms with Gasteiger partial charge in [-0.1, -0.05) is 40.0 Å². The maximum Gasteiger partial charge on any atom is 0.336 e. The van der Waals surface area contributed by atoms with E-state index in [-0.39, 0.29) is 0 Å². The Morgan fingerprint density at radius 3 is 1.69 bits per heavy atom. The molecule has 2 N–H and O–H groups in total. The molecule has 0 amide bonds. The summed E-state index contributed by atoms with van der Waals surface area (Å²) in [6.45, 7) is 6.68. The third-order valence-electron chi connectivity index (χ3n) is 4.58. The Labute approximate surface area is 229 Å². The van der Waals surface area contributed by atoms with Crippen LogP contribution in [0.1, 0.15) is 69.7 Å². The minimum absolute atomic E-state index is 0.381. The number of carboxylic acid groups (broad SMARTS) is 1. The van der Waals surface area contributed by atoms with E-state index < -0.39 is 19.8 Å². The number of carbonyl (C=O) groups is 1. The largest absolute Gasteiger partial charge is 0.478 e. The molecule has 0 atom stereocenters. The predicted molar refractivity (Wildman–Crippen MR) is 167 cm³/mol. The summed E-state index contributed by atoms with van der Waals surface area (Å²) in [6.07, 6.45) is 7.31. The van der Waals surface area contributed by atoms with Crippen LogP contribution in [0.4, 0.5) is 0 Å². The molecule has 0 saturated carbocycles. The standard InChI is InChI=1S/C12H31OPS3.C7H3I3O2/c1-4-7-10-17(11-8-5-2,12-9-6-3)14(13,15)16;8-3-1-4(7(11)12)6(10)5(9)2-3/h13,15-17H,4-12H2,1-3H3;1-2H,(H,11,12). The highest BCUT2D eigenvalue weighted by Crippen LogP contribution is 2.61. The van der Waals surface area contributed by atoms with E-state index in [1.54, 1.807) is 6.07 Å². The Balaban J connectivity index is 0.000000571. The van der Waals surface area contributed by atoms with Crippen molar-refractivity contribution in [2.24, 2.45) is 0 Å². The lowest BCUT2D eigenvalue weighted by Crippen LogP contribution is -2.25. The van der Waals surface area contributed by atoms with Gasteiger partial charge < -0.3 is 10.00 Å². The molecule has 3 nitrogen and oxygen atoms in total. The molecule has 0 aromatic heterocycles. The number of carboxylic acids is 1. The van der Waals surface area contributed by atoms with Crippen LogP contribution in [-0.2, 0) is 9.21 Å². The van der Waals surface area contributed by atoms with Gasteiger partial charge in [0.05, 0.1) is 5.56 Å². The Morgan fingerprint density at radius 2 is 1.38 bits per heavy atom. The first-order valence-corrected chi connectivity index (χ1v) is 20.1. The number of rotatable bonds is 10. The van der Waals surface area contributed by atoms with E-state index in [2.05, 4.69) is 90.5 Å². The average molecular weight is 818 g/mol. The van der Waals surface area contributed by atoms with Gasteiger partial charge in [-0.15, -0.1) is 24.5 Å². The van der Waals surface area contributed by atoms with Gasteiger partial charge in [-0.25, -0.2) is 14.0 Å². The van der Waals surface area contributed by atoms with Crippen molar-refractivity contribution in [2.75, 3.05) is 17.3 Å². The molecule has 0 aliphatic carbocycles. The number of halogens is 3. The van der Waals surface area contributed by atoms with Crippen molar-refractivity contribution in [2.45, 2.75) is 59.3 Å². The molecular weight excluding hydrogens is 784 g/mol. The second kappa shape index (κ2) is 16.0. The first-order valence-electron chi connectivity index (χ1n) is 9.77. The van der Waals surface area contributed by atoms with E-state index in [1.165, 1.54) is 55.8 Å². The Bertz CT molecular complexity index is 702. The molecule has 172 valence electrons. The van der Waals surface area contributed by atoms with Gasteiger partial charge in [0, 0.05) is 10.7 Å². The Hall–Kier alpha value is 2.32. The molecule has 10 heteroatoms. The van der Waals surface area contributed by atoms with Crippen LogP contribution < -0.4 is 0 Å². The molecule has 0 heterocycles. The first kappa shape index (κ1) is 31.3. The van der Waals surface area contributed by atoms with Crippen molar-refractivity contribution in [3.05, 3.63) is 28.4 Å². The molecule has 0 unspecified atom stereocenters. The maximum absolute atomic E-state index is 10.7. The minimum Gasteiger partial charge on any atom is -0.478 e. The van der Waals surface area contributed by atoms with Crippen LogP contribution in [0.3, 0.4) is 0 Å². The van der Waals surface area contributed by atoms with Crippen molar-refractivity contribution >= 4 is 112 Å². The predicted octanol–water partition coefficient (Wildman–Crippen LogP) is 8.00. The summed E-state index contributed by atoms with van der Waals surface area (Å²) < 4.78 is 0.498. The molecule has 0 aliphatic rings. The highest BCUT2D eigenvalue weighted by Gasteiger charge is 2.21. The molecule has 0 fully saturated rings. The van der Waals surface area contributed by atoms with Gasteiger partial charge in [0.2, 0.25) is 0 Å². The van der Waals surface area contributed by atoms with Gasteiger partial charge in [-0.05, 0) is 116 Å². The molecule has 1 rings (SSSR count). The second-order valence-corrected chi connectivity index (χ2v) is 25.6. The van der Waals surface area contributed by atoms with Crippen LogP contribution >= 0.6 is 96.9 Å². The molecule has 0 aliphatic heterocycles. The summed E-state index contributed by atoms with van der Waals surface area (Å²) >= 11 is 15.4. The van der Waals surface area contributed by atoms with Crippen LogP contribution in [0.15, 0.2) is 12.1 Å². The van der Waals surface area contributed by atoms with E-state index >= 15 is 0 Å². The fraction of sp³-hybridized carbons (Fsp3) is 0.632. The zero-order chi connectivity index (χ0) is 22.7. The molecule has 29 heavy (non-hydrogen) atoms. The van der Waals surface area contributed by atoms with Crippen molar-refractivity contribution in [3.8, 4) is 0 Å². The van der Waals surface area contributed by atoms with Crippen LogP contribution in [-0.4, -0.2) is 33.2 Å². The Morgan fingerprint density at radius 1 is 0.966 bits per heavy atom. The zero-order valence-electron chi connectivity index (χ0n) is 17.2. The van der Waals surface area contributed by atoms with Crippen molar-refractivity contribution < 1.29 is 14.8 Å². The first-order chi connectivity index (χ1) is 13.5. The average Bonchev–Trinajstić information content (AvgIpc) is 2.63. The van der Waals surface area contributed by atoms with Crippen molar-refractivity contribution in [3.63, 3.8) is 0 Å². The normalized spacial score (nSPS) is 12.3. The fourth-order valence-corrected chi connectivity index (χ4v) is 17.9. The van der Waals surface area contributed by atoms with Crippen LogP contribution in [0.2, 0.25) is 0 Å². The second-order valence-electron chi connectivity index (χ2n) is 6.92. The van der Waals surface area contributed by atoms with Gasteiger partial charge in [0.25, 0.3) is 0 Å². The quantitative estimate of drug-likeness (QED) is 0.0721. The van der Waals surface area contributed by atoms with Crippen molar-refractivity contribution in [1.82, 2.24) is 0 Å². The summed E-state index contributed by atoms with van der Waals surface area (Å²) in [7, 11) is -1.33. The lowest BCUT2D eigenvalue weighted by atomic mass is 10.2. The summed E-state index contributed by atoms with van der Waals surface area (Å²) in [4.78, 5) is 21.2. The fourth-order valence-electron chi connectivity index (χ4n) is 2.81. The molecule has 0 spiro atoms. The number of hydrogen-bond donors (Lipinski definition) is 5. The lowest BCUT2D eigenvalue weighted by molar-refractivity contribution is 0.0695. The zero-order valence-corrected chi connectivity index (χ0v) is 27.3. The molecule has 0 radical (unpaired) electrons. The molecule has 1 aromatic rings. The van der Waals surface area contributed by atoms with Crippen LogP contribution in [0.5, 0.6) is 0 Å². The topological polar surface area (TPSA) is 57.5 Å². The van der Waals surface area contributed by atoms with Crippen molar-refractivity contribution in [1.29, 1.82) is 0 Å². The minimum atomic E-state index is -2.25. The SMILES string of the molecule is CCCC[SH](CCCC)(CCCC)=P(O)(S)S.O=C(O)c1cc(I)cc(I)c1I. The highest BCUT2D eigenvalue weighted by atomic mass is 127.